The Hall–Kier alpha value is -1.38. The van der Waals surface area contributed by atoms with Crippen molar-refractivity contribution in [2.45, 2.75) is 17.8 Å². The monoisotopic (exact) mass is 267 g/mol. The summed E-state index contributed by atoms with van der Waals surface area (Å²) in [7, 11) is -1.67. The molecule has 0 radical (unpaired) electrons. The molecule has 1 heterocycles. The van der Waals surface area contributed by atoms with Crippen LogP contribution in [0.15, 0.2) is 23.4 Å². The first-order valence-corrected chi connectivity index (χ1v) is 6.20. The number of aromatic amines is 1. The number of nitrogens with one attached hydrogen (secondary N) is 1. The molecule has 3 N–H and O–H groups in total. The van der Waals surface area contributed by atoms with E-state index in [1.807, 2.05) is 0 Å². The van der Waals surface area contributed by atoms with Crippen LogP contribution in [0.25, 0.3) is 0 Å². The van der Waals surface area contributed by atoms with Crippen LogP contribution in [0.2, 0.25) is 0 Å². The average Bonchev–Trinajstić information content (AvgIpc) is 2.72. The third-order valence-corrected chi connectivity index (χ3v) is 3.14. The predicted molar refractivity (Wildman–Crippen MR) is 66.9 cm³/mol. The second-order valence-corrected chi connectivity index (χ2v) is 4.70. The fourth-order valence-corrected chi connectivity index (χ4v) is 2.22. The van der Waals surface area contributed by atoms with Gasteiger partial charge in [-0.3, -0.25) is 5.10 Å². The largest absolute Gasteiger partial charge is 0.488 e. The molecule has 1 aromatic heterocycles. The Morgan fingerprint density at radius 1 is 1.39 bits per heavy atom. The van der Waals surface area contributed by atoms with Crippen LogP contribution in [0.4, 0.5) is 4.39 Å². The maximum Gasteiger partial charge on any atom is 0.488 e. The SMILES string of the molecule is Cc1nc(SCc2cc(F)cc(B(O)O)c2)n[nH]1. The standard InChI is InChI=1S/C10H11BFN3O2S/c1-6-13-10(15-14-6)18-5-7-2-8(11(16)17)4-9(12)3-7/h2-4,16-17H,5H2,1H3,(H,13,14,15). The first-order valence-electron chi connectivity index (χ1n) is 5.22. The van der Waals surface area contributed by atoms with Crippen molar-refractivity contribution < 1.29 is 14.4 Å². The highest BCUT2D eigenvalue weighted by Gasteiger charge is 2.13. The second-order valence-electron chi connectivity index (χ2n) is 3.76. The minimum absolute atomic E-state index is 0.136. The minimum atomic E-state index is -1.67. The van der Waals surface area contributed by atoms with Crippen LogP contribution in [0.5, 0.6) is 0 Å². The number of aromatic nitrogens is 3. The number of hydrogen-bond donors (Lipinski definition) is 3. The highest BCUT2D eigenvalue weighted by molar-refractivity contribution is 7.98. The van der Waals surface area contributed by atoms with E-state index in [-0.39, 0.29) is 5.46 Å². The molecule has 18 heavy (non-hydrogen) atoms. The summed E-state index contributed by atoms with van der Waals surface area (Å²) in [6.45, 7) is 1.79. The van der Waals surface area contributed by atoms with Gasteiger partial charge in [0, 0.05) is 5.75 Å². The quantitative estimate of drug-likeness (QED) is 0.545. The highest BCUT2D eigenvalue weighted by atomic mass is 32.2. The van der Waals surface area contributed by atoms with E-state index in [0.29, 0.717) is 22.3 Å². The molecule has 0 fully saturated rings. The third kappa shape index (κ3) is 3.31. The predicted octanol–water partition coefficient (Wildman–Crippen LogP) is 0.224. The molecular formula is C10H11BFN3O2S. The van der Waals surface area contributed by atoms with Gasteiger partial charge in [-0.05, 0) is 30.1 Å². The van der Waals surface area contributed by atoms with E-state index in [9.17, 15) is 4.39 Å². The van der Waals surface area contributed by atoms with E-state index in [4.69, 9.17) is 10.0 Å². The number of H-pyrrole nitrogens is 1. The average molecular weight is 267 g/mol. The van der Waals surface area contributed by atoms with Crippen molar-refractivity contribution >= 4 is 24.3 Å². The molecule has 0 aliphatic heterocycles. The molecule has 0 saturated heterocycles. The molecule has 0 bridgehead atoms. The molecular weight excluding hydrogens is 256 g/mol. The second kappa shape index (κ2) is 5.51. The van der Waals surface area contributed by atoms with Crippen molar-refractivity contribution in [1.82, 2.24) is 15.2 Å². The molecule has 0 spiro atoms. The van der Waals surface area contributed by atoms with Gasteiger partial charge in [0.05, 0.1) is 0 Å². The zero-order valence-electron chi connectivity index (χ0n) is 9.59. The van der Waals surface area contributed by atoms with Crippen molar-refractivity contribution in [3.05, 3.63) is 35.4 Å². The molecule has 0 aliphatic carbocycles. The molecule has 0 amide bonds. The van der Waals surface area contributed by atoms with E-state index >= 15 is 0 Å². The summed E-state index contributed by atoms with van der Waals surface area (Å²) in [6, 6.07) is 3.98. The molecule has 2 aromatic rings. The lowest BCUT2D eigenvalue weighted by Gasteiger charge is -2.04. The van der Waals surface area contributed by atoms with Gasteiger partial charge in [-0.1, -0.05) is 17.8 Å². The Labute approximate surface area is 108 Å². The van der Waals surface area contributed by atoms with Gasteiger partial charge in [0.15, 0.2) is 0 Å². The number of rotatable bonds is 4. The maximum absolute atomic E-state index is 13.2. The highest BCUT2D eigenvalue weighted by Crippen LogP contribution is 2.18. The van der Waals surface area contributed by atoms with Crippen LogP contribution in [-0.2, 0) is 5.75 Å². The van der Waals surface area contributed by atoms with Gasteiger partial charge in [-0.25, -0.2) is 9.37 Å². The van der Waals surface area contributed by atoms with Crippen LogP contribution in [0.1, 0.15) is 11.4 Å². The molecule has 2 rings (SSSR count). The lowest BCUT2D eigenvalue weighted by molar-refractivity contribution is 0.425. The third-order valence-electron chi connectivity index (χ3n) is 2.22. The van der Waals surface area contributed by atoms with E-state index in [2.05, 4.69) is 15.2 Å². The summed E-state index contributed by atoms with van der Waals surface area (Å²) in [6.07, 6.45) is 0. The van der Waals surface area contributed by atoms with E-state index in [0.717, 1.165) is 6.07 Å². The van der Waals surface area contributed by atoms with Crippen LogP contribution >= 0.6 is 11.8 Å². The molecule has 0 saturated carbocycles. The van der Waals surface area contributed by atoms with E-state index < -0.39 is 12.9 Å². The molecule has 8 heteroatoms. The number of thioether (sulfide) groups is 1. The normalized spacial score (nSPS) is 10.7. The lowest BCUT2D eigenvalue weighted by atomic mass is 9.79. The number of halogens is 1. The van der Waals surface area contributed by atoms with Gasteiger partial charge >= 0.3 is 7.12 Å². The van der Waals surface area contributed by atoms with Crippen molar-refractivity contribution in [3.8, 4) is 0 Å². The summed E-state index contributed by atoms with van der Waals surface area (Å²) < 4.78 is 13.2. The Balaban J connectivity index is 2.09. The number of benzene rings is 1. The summed E-state index contributed by atoms with van der Waals surface area (Å²) in [5, 5.41) is 25.3. The first kappa shape index (κ1) is 13.1. The molecule has 94 valence electrons. The zero-order chi connectivity index (χ0) is 13.1. The molecule has 0 atom stereocenters. The molecule has 0 unspecified atom stereocenters. The van der Waals surface area contributed by atoms with Crippen LogP contribution in [-0.4, -0.2) is 32.3 Å². The van der Waals surface area contributed by atoms with Gasteiger partial charge in [0.2, 0.25) is 5.16 Å². The van der Waals surface area contributed by atoms with Gasteiger partial charge in [-0.15, -0.1) is 5.10 Å². The fraction of sp³-hybridized carbons (Fsp3) is 0.200. The van der Waals surface area contributed by atoms with Crippen molar-refractivity contribution in [2.24, 2.45) is 0 Å². The molecule has 0 aliphatic rings. The summed E-state index contributed by atoms with van der Waals surface area (Å²) in [5.74, 6) is 0.667. The summed E-state index contributed by atoms with van der Waals surface area (Å²) in [5.41, 5.74) is 0.780. The van der Waals surface area contributed by atoms with Crippen LogP contribution < -0.4 is 5.46 Å². The van der Waals surface area contributed by atoms with Crippen LogP contribution in [0.3, 0.4) is 0 Å². The minimum Gasteiger partial charge on any atom is -0.423 e. The lowest BCUT2D eigenvalue weighted by Crippen LogP contribution is -2.30. The zero-order valence-corrected chi connectivity index (χ0v) is 10.4. The first-order chi connectivity index (χ1) is 8.54. The van der Waals surface area contributed by atoms with Crippen molar-refractivity contribution in [3.63, 3.8) is 0 Å². The Morgan fingerprint density at radius 3 is 2.78 bits per heavy atom. The van der Waals surface area contributed by atoms with Crippen LogP contribution in [0, 0.1) is 12.7 Å². The topological polar surface area (TPSA) is 82.0 Å². The van der Waals surface area contributed by atoms with E-state index in [1.165, 1.54) is 17.8 Å². The fourth-order valence-electron chi connectivity index (χ4n) is 1.44. The number of aryl methyl sites for hydroxylation is 1. The van der Waals surface area contributed by atoms with Gasteiger partial charge in [-0.2, -0.15) is 0 Å². The van der Waals surface area contributed by atoms with Crippen molar-refractivity contribution in [1.29, 1.82) is 0 Å². The van der Waals surface area contributed by atoms with Crippen molar-refractivity contribution in [2.75, 3.05) is 0 Å². The Bertz CT molecular complexity index is 550. The summed E-state index contributed by atoms with van der Waals surface area (Å²) >= 11 is 1.34. The van der Waals surface area contributed by atoms with E-state index in [1.54, 1.807) is 13.0 Å². The van der Waals surface area contributed by atoms with Gasteiger partial charge in [0.25, 0.3) is 0 Å². The van der Waals surface area contributed by atoms with Gasteiger partial charge in [0.1, 0.15) is 11.6 Å². The summed E-state index contributed by atoms with van der Waals surface area (Å²) in [4.78, 5) is 4.11. The molecule has 1 aromatic carbocycles. The van der Waals surface area contributed by atoms with Gasteiger partial charge < -0.3 is 10.0 Å². The maximum atomic E-state index is 13.2. The number of hydrogen-bond acceptors (Lipinski definition) is 5. The number of nitrogens with zero attached hydrogens (tertiary/aromatic N) is 2. The smallest absolute Gasteiger partial charge is 0.423 e. The molecule has 5 nitrogen and oxygen atoms in total. The Kier molecular flexibility index (Phi) is 4.00. The Morgan fingerprint density at radius 2 is 2.17 bits per heavy atom.